The van der Waals surface area contributed by atoms with Crippen molar-refractivity contribution < 1.29 is 24.2 Å². The average Bonchev–Trinajstić information content (AvgIpc) is 2.41. The average molecular weight is 262 g/mol. The van der Waals surface area contributed by atoms with Gasteiger partial charge < -0.3 is 10.2 Å². The van der Waals surface area contributed by atoms with Crippen molar-refractivity contribution in [3.63, 3.8) is 0 Å². The summed E-state index contributed by atoms with van der Waals surface area (Å²) in [6.07, 6.45) is 0. The molecule has 0 fully saturated rings. The van der Waals surface area contributed by atoms with Crippen LogP contribution < -0.4 is 0 Å². The van der Waals surface area contributed by atoms with Crippen molar-refractivity contribution in [2.24, 2.45) is 0 Å². The van der Waals surface area contributed by atoms with Gasteiger partial charge in [0.15, 0.2) is 0 Å². The lowest BCUT2D eigenvalue weighted by Crippen LogP contribution is -1.94. The third-order valence-electron chi connectivity index (χ3n) is 2.11. The third kappa shape index (κ3) is 4.99. The zero-order valence-electron chi connectivity index (χ0n) is 9.79. The topological polar surface area (TPSA) is 74.6 Å². The lowest BCUT2D eigenvalue weighted by Gasteiger charge is -1.90. The van der Waals surface area contributed by atoms with Gasteiger partial charge in [-0.3, -0.25) is 0 Å². The number of benzene rings is 2. The summed E-state index contributed by atoms with van der Waals surface area (Å²) in [7, 11) is 0. The Morgan fingerprint density at radius 1 is 0.737 bits per heavy atom. The van der Waals surface area contributed by atoms with E-state index in [9.17, 15) is 14.0 Å². The van der Waals surface area contributed by atoms with Gasteiger partial charge in [-0.1, -0.05) is 18.2 Å². The number of aromatic carboxylic acids is 2. The van der Waals surface area contributed by atoms with Crippen molar-refractivity contribution in [2.75, 3.05) is 0 Å². The Bertz CT molecular complexity index is 549. The van der Waals surface area contributed by atoms with Crippen LogP contribution in [0.3, 0.4) is 0 Å². The van der Waals surface area contributed by atoms with Crippen molar-refractivity contribution in [3.8, 4) is 0 Å². The number of rotatable bonds is 2. The molecule has 0 aliphatic heterocycles. The Labute approximate surface area is 108 Å². The summed E-state index contributed by atoms with van der Waals surface area (Å²) in [6.45, 7) is 0. The molecular formula is C14H11FO4. The predicted molar refractivity (Wildman–Crippen MR) is 66.8 cm³/mol. The monoisotopic (exact) mass is 262 g/mol. The summed E-state index contributed by atoms with van der Waals surface area (Å²) in [5.74, 6) is -2.35. The summed E-state index contributed by atoms with van der Waals surface area (Å²) < 4.78 is 12.2. The largest absolute Gasteiger partial charge is 0.478 e. The second-order valence-electron chi connectivity index (χ2n) is 3.48. The van der Waals surface area contributed by atoms with Gasteiger partial charge in [0.05, 0.1) is 11.1 Å². The molecule has 0 heterocycles. The van der Waals surface area contributed by atoms with Crippen LogP contribution in [0.25, 0.3) is 0 Å². The Hall–Kier alpha value is -2.69. The highest BCUT2D eigenvalue weighted by molar-refractivity contribution is 5.87. The molecule has 0 amide bonds. The maximum Gasteiger partial charge on any atom is 0.335 e. The molecule has 2 aromatic carbocycles. The summed E-state index contributed by atoms with van der Waals surface area (Å²) in [5, 5.41) is 16.7. The summed E-state index contributed by atoms with van der Waals surface area (Å²) >= 11 is 0. The van der Waals surface area contributed by atoms with Crippen molar-refractivity contribution in [3.05, 3.63) is 71.5 Å². The molecule has 0 unspecified atom stereocenters. The van der Waals surface area contributed by atoms with Crippen LogP contribution in [0.2, 0.25) is 0 Å². The maximum atomic E-state index is 12.2. The molecule has 5 heteroatoms. The van der Waals surface area contributed by atoms with Gasteiger partial charge >= 0.3 is 11.9 Å². The van der Waals surface area contributed by atoms with Gasteiger partial charge in [0.2, 0.25) is 0 Å². The van der Waals surface area contributed by atoms with E-state index < -0.39 is 17.8 Å². The molecule has 19 heavy (non-hydrogen) atoms. The number of carboxylic acids is 2. The molecule has 4 nitrogen and oxygen atoms in total. The van der Waals surface area contributed by atoms with Gasteiger partial charge in [-0.25, -0.2) is 14.0 Å². The lowest BCUT2D eigenvalue weighted by molar-refractivity contribution is 0.0686. The second kappa shape index (κ2) is 6.90. The Kier molecular flexibility index (Phi) is 5.22. The molecule has 0 atom stereocenters. The molecule has 0 saturated heterocycles. The van der Waals surface area contributed by atoms with E-state index in [4.69, 9.17) is 10.2 Å². The Morgan fingerprint density at radius 2 is 1.16 bits per heavy atom. The number of carboxylic acid groups (broad SMARTS) is 2. The first-order chi connectivity index (χ1) is 9.00. The highest BCUT2D eigenvalue weighted by Crippen LogP contribution is 2.01. The normalized spacial score (nSPS) is 9.11. The van der Waals surface area contributed by atoms with E-state index in [1.54, 1.807) is 30.3 Å². The number of hydrogen-bond donors (Lipinski definition) is 2. The van der Waals surface area contributed by atoms with Gasteiger partial charge in [0.1, 0.15) is 5.82 Å². The molecule has 2 aromatic rings. The van der Waals surface area contributed by atoms with Crippen LogP contribution in [0.1, 0.15) is 20.7 Å². The standard InChI is InChI=1S/C7H5FO2.C7H6O2/c8-6-3-1-5(2-4-6)7(9)10;8-7(9)6-4-2-1-3-5-6/h1-4H,(H,9,10);1-5H,(H,8,9). The lowest BCUT2D eigenvalue weighted by atomic mass is 10.2. The van der Waals surface area contributed by atoms with E-state index in [0.29, 0.717) is 5.56 Å². The van der Waals surface area contributed by atoms with E-state index >= 15 is 0 Å². The highest BCUT2D eigenvalue weighted by Gasteiger charge is 1.99. The third-order valence-corrected chi connectivity index (χ3v) is 2.11. The SMILES string of the molecule is O=C(O)c1ccc(F)cc1.O=C(O)c1ccccc1. The van der Waals surface area contributed by atoms with Gasteiger partial charge in [0.25, 0.3) is 0 Å². The first-order valence-electron chi connectivity index (χ1n) is 5.28. The fourth-order valence-electron chi connectivity index (χ4n) is 1.17. The first kappa shape index (κ1) is 14.4. The summed E-state index contributed by atoms with van der Waals surface area (Å²) in [4.78, 5) is 20.4. The van der Waals surface area contributed by atoms with E-state index in [0.717, 1.165) is 12.1 Å². The fourth-order valence-corrected chi connectivity index (χ4v) is 1.17. The number of halogens is 1. The number of hydrogen-bond acceptors (Lipinski definition) is 2. The van der Waals surface area contributed by atoms with Crippen LogP contribution in [0.15, 0.2) is 54.6 Å². The Balaban J connectivity index is 0.000000191. The van der Waals surface area contributed by atoms with E-state index in [1.807, 2.05) is 0 Å². The summed E-state index contributed by atoms with van der Waals surface area (Å²) in [6, 6.07) is 13.0. The van der Waals surface area contributed by atoms with Crippen LogP contribution >= 0.6 is 0 Å². The van der Waals surface area contributed by atoms with Crippen LogP contribution in [0.5, 0.6) is 0 Å². The van der Waals surface area contributed by atoms with E-state index in [1.165, 1.54) is 12.1 Å². The minimum atomic E-state index is -1.04. The zero-order valence-corrected chi connectivity index (χ0v) is 9.79. The van der Waals surface area contributed by atoms with Crippen molar-refractivity contribution in [1.29, 1.82) is 0 Å². The predicted octanol–water partition coefficient (Wildman–Crippen LogP) is 2.91. The van der Waals surface area contributed by atoms with Crippen molar-refractivity contribution >= 4 is 11.9 Å². The molecule has 2 rings (SSSR count). The van der Waals surface area contributed by atoms with Crippen molar-refractivity contribution in [2.45, 2.75) is 0 Å². The van der Waals surface area contributed by atoms with Gasteiger partial charge in [0, 0.05) is 0 Å². The van der Waals surface area contributed by atoms with Gasteiger partial charge in [-0.05, 0) is 36.4 Å². The molecular weight excluding hydrogens is 251 g/mol. The molecule has 2 N–H and O–H groups in total. The van der Waals surface area contributed by atoms with Crippen LogP contribution in [-0.2, 0) is 0 Å². The van der Waals surface area contributed by atoms with Crippen LogP contribution in [0.4, 0.5) is 4.39 Å². The van der Waals surface area contributed by atoms with Crippen LogP contribution in [0, 0.1) is 5.82 Å². The van der Waals surface area contributed by atoms with E-state index in [2.05, 4.69) is 0 Å². The highest BCUT2D eigenvalue weighted by atomic mass is 19.1. The number of carbonyl (C=O) groups is 2. The fraction of sp³-hybridized carbons (Fsp3) is 0. The minimum absolute atomic E-state index is 0.0985. The van der Waals surface area contributed by atoms with Gasteiger partial charge in [-0.15, -0.1) is 0 Å². The van der Waals surface area contributed by atoms with Crippen LogP contribution in [-0.4, -0.2) is 22.2 Å². The second-order valence-corrected chi connectivity index (χ2v) is 3.48. The molecule has 0 saturated carbocycles. The molecule has 0 bridgehead atoms. The maximum absolute atomic E-state index is 12.2. The zero-order chi connectivity index (χ0) is 14.3. The van der Waals surface area contributed by atoms with Crippen molar-refractivity contribution in [1.82, 2.24) is 0 Å². The van der Waals surface area contributed by atoms with E-state index in [-0.39, 0.29) is 5.56 Å². The summed E-state index contributed by atoms with van der Waals surface area (Å²) in [5.41, 5.74) is 0.430. The minimum Gasteiger partial charge on any atom is -0.478 e. The molecule has 0 aliphatic carbocycles. The van der Waals surface area contributed by atoms with Gasteiger partial charge in [-0.2, -0.15) is 0 Å². The first-order valence-corrected chi connectivity index (χ1v) is 5.28. The molecule has 0 spiro atoms. The molecule has 98 valence electrons. The molecule has 0 radical (unpaired) electrons. The molecule has 0 aromatic heterocycles. The quantitative estimate of drug-likeness (QED) is 0.872. The smallest absolute Gasteiger partial charge is 0.335 e. The molecule has 0 aliphatic rings. The Morgan fingerprint density at radius 3 is 1.53 bits per heavy atom.